The fourth-order valence-corrected chi connectivity index (χ4v) is 7.94. The number of rotatable bonds is 6. The Labute approximate surface area is 352 Å². The highest BCUT2D eigenvalue weighted by molar-refractivity contribution is 6.09. The normalized spacial score (nSPS) is 15.1. The second-order valence-corrected chi connectivity index (χ2v) is 17.2. The number of fused-ring (bicyclic) bond motifs is 4. The van der Waals surface area contributed by atoms with Gasteiger partial charge in [0, 0.05) is 67.3 Å². The first-order chi connectivity index (χ1) is 30.5. The van der Waals surface area contributed by atoms with Gasteiger partial charge in [0.25, 0.3) is 11.4 Å². The van der Waals surface area contributed by atoms with E-state index in [2.05, 4.69) is 31.8 Å². The third-order valence-electron chi connectivity index (χ3n) is 11.2. The first-order valence-corrected chi connectivity index (χ1v) is 19.6. The second kappa shape index (κ2) is 13.8. The van der Waals surface area contributed by atoms with Gasteiger partial charge in [-0.15, -0.1) is 0 Å². The zero-order valence-electron chi connectivity index (χ0n) is 39.8. The van der Waals surface area contributed by atoms with E-state index in [1.807, 2.05) is 92.1 Å². The number of pyridine rings is 2. The summed E-state index contributed by atoms with van der Waals surface area (Å²) in [6.07, 6.45) is 3.27. The van der Waals surface area contributed by atoms with Crippen molar-refractivity contribution in [2.75, 3.05) is 0 Å². The number of hydrogen-bond donors (Lipinski definition) is 0. The highest BCUT2D eigenvalue weighted by atomic mass is 19.3. The molecule has 292 valence electrons. The minimum absolute atomic E-state index is 0.0821. The van der Waals surface area contributed by atoms with E-state index in [4.69, 9.17) is 13.2 Å². The maximum atomic E-state index is 17.6. The van der Waals surface area contributed by atoms with Crippen molar-refractivity contribution >= 4 is 50.6 Å². The van der Waals surface area contributed by atoms with Crippen molar-refractivity contribution in [3.05, 3.63) is 173 Å². The van der Waals surface area contributed by atoms with Crippen LogP contribution in [-0.4, -0.2) is 20.5 Å². The Morgan fingerprint density at radius 1 is 0.593 bits per heavy atom. The lowest BCUT2D eigenvalue weighted by Crippen LogP contribution is -2.20. The van der Waals surface area contributed by atoms with Gasteiger partial charge in [0.15, 0.2) is 0 Å². The summed E-state index contributed by atoms with van der Waals surface area (Å²) in [5, 5.41) is 1.59. The molecule has 0 radical (unpaired) electrons. The van der Waals surface area contributed by atoms with E-state index >= 15 is 8.78 Å². The lowest BCUT2D eigenvalue weighted by molar-refractivity contribution is 0.0380. The first-order valence-electron chi connectivity index (χ1n) is 22.6. The lowest BCUT2D eigenvalue weighted by atomic mass is 9.84. The van der Waals surface area contributed by atoms with Gasteiger partial charge in [0.2, 0.25) is 11.4 Å². The van der Waals surface area contributed by atoms with Crippen molar-refractivity contribution in [1.29, 1.82) is 0 Å². The van der Waals surface area contributed by atoms with Crippen LogP contribution < -0.4 is 9.15 Å². The van der Waals surface area contributed by atoms with Gasteiger partial charge in [0.05, 0.1) is 16.6 Å². The van der Waals surface area contributed by atoms with Gasteiger partial charge < -0.3 is 0 Å². The molecule has 1 aliphatic heterocycles. The van der Waals surface area contributed by atoms with Crippen molar-refractivity contribution in [2.45, 2.75) is 72.0 Å². The monoisotopic (exact) mass is 785 g/mol. The maximum Gasteiger partial charge on any atom is 0.503 e. The molecular formula is C52H47F2N5+2. The third-order valence-corrected chi connectivity index (χ3v) is 11.2. The Morgan fingerprint density at radius 2 is 1.24 bits per heavy atom. The first kappa shape index (κ1) is 31.4. The quantitative estimate of drug-likeness (QED) is 0.157. The van der Waals surface area contributed by atoms with E-state index in [0.29, 0.717) is 45.2 Å². The molecule has 0 aliphatic carbocycles. The molecule has 0 fully saturated rings. The maximum absolute atomic E-state index is 17.6. The molecule has 0 amide bonds. The number of benzene rings is 5. The predicted molar refractivity (Wildman–Crippen MR) is 239 cm³/mol. The molecule has 59 heavy (non-hydrogen) atoms. The minimum atomic E-state index is -3.58. The number of alkyl halides is 2. The highest BCUT2D eigenvalue weighted by Crippen LogP contribution is 2.45. The van der Waals surface area contributed by atoms with Crippen LogP contribution in [0.25, 0.3) is 38.8 Å². The van der Waals surface area contributed by atoms with Crippen molar-refractivity contribution in [1.82, 2.24) is 23.7 Å². The van der Waals surface area contributed by atoms with Crippen LogP contribution in [0.15, 0.2) is 140 Å². The predicted octanol–water partition coefficient (Wildman–Crippen LogP) is 13.4. The molecule has 8 aromatic rings. The van der Waals surface area contributed by atoms with Gasteiger partial charge >= 0.3 is 11.9 Å². The molecule has 0 spiro atoms. The Morgan fingerprint density at radius 3 is 1.95 bits per heavy atom. The second-order valence-electron chi connectivity index (χ2n) is 17.2. The molecule has 5 aromatic carbocycles. The number of hydrogen-bond acceptors (Lipinski definition) is 2. The molecule has 1 aliphatic rings. The summed E-state index contributed by atoms with van der Waals surface area (Å²) in [6.45, 7) is 6.99. The number of aromatic nitrogens is 3. The topological polar surface area (TPSA) is 36.7 Å². The van der Waals surface area contributed by atoms with E-state index in [1.54, 1.807) is 39.6 Å². The van der Waals surface area contributed by atoms with Crippen molar-refractivity contribution in [2.24, 2.45) is 0 Å². The molecule has 3 aromatic heterocycles. The van der Waals surface area contributed by atoms with E-state index in [1.165, 1.54) is 42.6 Å². The van der Waals surface area contributed by atoms with Crippen LogP contribution in [0.4, 0.5) is 31.5 Å². The largest absolute Gasteiger partial charge is 0.503 e. The molecule has 0 saturated heterocycles. The van der Waals surface area contributed by atoms with Crippen LogP contribution in [0, 0.1) is 13.7 Å². The van der Waals surface area contributed by atoms with Crippen molar-refractivity contribution in [3.8, 4) is 16.9 Å². The van der Waals surface area contributed by atoms with Gasteiger partial charge in [-0.25, -0.2) is 4.98 Å². The Hall–Kier alpha value is -6.56. The van der Waals surface area contributed by atoms with Gasteiger partial charge in [-0.2, -0.15) is 8.78 Å². The lowest BCUT2D eigenvalue weighted by Gasteiger charge is -2.23. The number of aryl methyl sites for hydroxylation is 2. The molecule has 0 N–H and O–H groups in total. The Bertz CT molecular complexity index is 3260. The van der Waals surface area contributed by atoms with Crippen LogP contribution in [0.1, 0.15) is 83.3 Å². The van der Waals surface area contributed by atoms with E-state index in [-0.39, 0.29) is 27.7 Å². The third kappa shape index (κ3) is 6.47. The summed E-state index contributed by atoms with van der Waals surface area (Å²) in [6, 6.07) is 40.1. The minimum Gasteiger partial charge on any atom is -0.294 e. The number of halogens is 2. The average molecular weight is 786 g/mol. The van der Waals surface area contributed by atoms with Gasteiger partial charge in [0.1, 0.15) is 11.5 Å². The van der Waals surface area contributed by atoms with Crippen LogP contribution >= 0.6 is 0 Å². The van der Waals surface area contributed by atoms with E-state index < -0.39 is 30.7 Å². The SMILES string of the molecule is [2H]C([2H])([2H])c1cccc(C([2H])([2H])[2H])c1-c1ccccc1[N+]1=C=[N+](c2cc(C(C)(C)C)cc(C(F)(F)c3cc4c(cn3)c3ccccc3n4-c3cc(C(C)(C)C)ccn3)c2)c2ccccc21. The fourth-order valence-electron chi connectivity index (χ4n) is 7.94. The molecule has 0 bridgehead atoms. The zero-order valence-corrected chi connectivity index (χ0v) is 33.8. The molecule has 0 atom stereocenters. The summed E-state index contributed by atoms with van der Waals surface area (Å²) in [5.41, 5.74) is 3.99. The Balaban J connectivity index is 1.25. The van der Waals surface area contributed by atoms with Crippen LogP contribution in [-0.2, 0) is 16.8 Å². The van der Waals surface area contributed by atoms with Crippen molar-refractivity contribution < 1.29 is 17.0 Å². The molecule has 4 heterocycles. The van der Waals surface area contributed by atoms with Crippen LogP contribution in [0.2, 0.25) is 0 Å². The van der Waals surface area contributed by atoms with E-state index in [9.17, 15) is 0 Å². The number of para-hydroxylation sites is 4. The highest BCUT2D eigenvalue weighted by Gasteiger charge is 2.42. The van der Waals surface area contributed by atoms with Crippen LogP contribution in [0.5, 0.6) is 0 Å². The molecule has 7 heteroatoms. The molecule has 0 unspecified atom stereocenters. The molecular weight excluding hydrogens is 733 g/mol. The van der Waals surface area contributed by atoms with Gasteiger partial charge in [-0.05, 0) is 97.9 Å². The zero-order chi connectivity index (χ0) is 46.4. The van der Waals surface area contributed by atoms with E-state index in [0.717, 1.165) is 21.9 Å². The summed E-state index contributed by atoms with van der Waals surface area (Å²) in [7, 11) is 0. The van der Waals surface area contributed by atoms with Gasteiger partial charge in [-0.3, -0.25) is 9.55 Å². The Kier molecular flexibility index (Phi) is 7.34. The summed E-state index contributed by atoms with van der Waals surface area (Å²) in [5.74, 6) is -2.97. The summed E-state index contributed by atoms with van der Waals surface area (Å²) >= 11 is 0. The average Bonchev–Trinajstić information content (AvgIpc) is 3.81. The smallest absolute Gasteiger partial charge is 0.294 e. The van der Waals surface area contributed by atoms with Crippen LogP contribution in [0.3, 0.4) is 0 Å². The number of nitrogens with zero attached hydrogens (tertiary/aromatic N) is 5. The molecule has 5 nitrogen and oxygen atoms in total. The molecule has 0 saturated carbocycles. The standard InChI is InChI=1S/C52H47F2N5/c1-33-16-15-17-34(2)49(33)40-19-10-11-20-42(40)58-32-57(44-22-13-14-23-45(44)58)38-27-36(51(6,7)8)26-37(28-38)52(53,54)47-30-46-41(31-56-47)39-18-9-12-21-43(39)59(46)48-29-35(24-25-55-48)50(3,4)5/h9-31H,1-8H3/q+2/i1D3,2D3. The van der Waals surface area contributed by atoms with Crippen molar-refractivity contribution in [3.63, 3.8) is 0 Å². The van der Waals surface area contributed by atoms with Gasteiger partial charge in [-0.1, -0.05) is 102 Å². The molecule has 9 rings (SSSR count). The fraction of sp³-hybridized carbons (Fsp3) is 0.212. The summed E-state index contributed by atoms with van der Waals surface area (Å²) in [4.78, 5) is 9.19. The summed E-state index contributed by atoms with van der Waals surface area (Å²) < 4.78 is 90.9.